The second-order valence-corrected chi connectivity index (χ2v) is 10.7. The predicted octanol–water partition coefficient (Wildman–Crippen LogP) is 5.01. The third kappa shape index (κ3) is 5.80. The second-order valence-electron chi connectivity index (χ2n) is 8.13. The molecule has 1 fully saturated rings. The van der Waals surface area contributed by atoms with Gasteiger partial charge in [-0.2, -0.15) is 0 Å². The molecule has 1 atom stereocenters. The van der Waals surface area contributed by atoms with E-state index in [1.165, 1.54) is 6.07 Å². The Kier molecular flexibility index (Phi) is 8.03. The lowest BCUT2D eigenvalue weighted by Crippen LogP contribution is -2.41. The van der Waals surface area contributed by atoms with Crippen LogP contribution in [0.2, 0.25) is 10.0 Å². The smallest absolute Gasteiger partial charge is 0.240 e. The van der Waals surface area contributed by atoms with Gasteiger partial charge in [0.2, 0.25) is 15.9 Å². The maximum absolute atomic E-state index is 13.4. The van der Waals surface area contributed by atoms with Gasteiger partial charge >= 0.3 is 0 Å². The van der Waals surface area contributed by atoms with Crippen molar-refractivity contribution in [2.24, 2.45) is 5.92 Å². The Bertz CT molecular complexity index is 1030. The molecule has 31 heavy (non-hydrogen) atoms. The summed E-state index contributed by atoms with van der Waals surface area (Å²) in [5.74, 6) is 0.0963. The van der Waals surface area contributed by atoms with E-state index in [1.54, 1.807) is 25.1 Å². The van der Waals surface area contributed by atoms with Gasteiger partial charge in [0.15, 0.2) is 0 Å². The van der Waals surface area contributed by atoms with Gasteiger partial charge in [0.05, 0.1) is 10.8 Å². The van der Waals surface area contributed by atoms with Gasteiger partial charge in [0.25, 0.3) is 0 Å². The van der Waals surface area contributed by atoms with Crippen molar-refractivity contribution < 1.29 is 13.2 Å². The number of hydrogen-bond donors (Lipinski definition) is 1. The summed E-state index contributed by atoms with van der Waals surface area (Å²) >= 11 is 12.5. The molecule has 3 rings (SSSR count). The highest BCUT2D eigenvalue weighted by Crippen LogP contribution is 2.30. The zero-order valence-electron chi connectivity index (χ0n) is 17.8. The molecule has 168 valence electrons. The van der Waals surface area contributed by atoms with Crippen molar-refractivity contribution in [1.29, 1.82) is 0 Å². The van der Waals surface area contributed by atoms with Gasteiger partial charge in [-0.25, -0.2) is 13.1 Å². The van der Waals surface area contributed by atoms with Gasteiger partial charge in [-0.1, -0.05) is 54.4 Å². The number of amides is 1. The Morgan fingerprint density at radius 1 is 1.10 bits per heavy atom. The van der Waals surface area contributed by atoms with E-state index < -0.39 is 15.9 Å². The van der Waals surface area contributed by atoms with Crippen LogP contribution in [0.5, 0.6) is 0 Å². The number of benzene rings is 2. The summed E-state index contributed by atoms with van der Waals surface area (Å²) in [7, 11) is -3.75. The highest BCUT2D eigenvalue weighted by molar-refractivity contribution is 7.89. The van der Waals surface area contributed by atoms with Crippen LogP contribution in [-0.4, -0.2) is 38.9 Å². The summed E-state index contributed by atoms with van der Waals surface area (Å²) in [5.41, 5.74) is 1.23. The summed E-state index contributed by atoms with van der Waals surface area (Å²) < 4.78 is 28.2. The van der Waals surface area contributed by atoms with Crippen molar-refractivity contribution in [1.82, 2.24) is 9.62 Å². The van der Waals surface area contributed by atoms with Crippen molar-refractivity contribution in [3.63, 3.8) is 0 Å². The largest absolute Gasteiger partial charge is 0.342 e. The maximum atomic E-state index is 13.4. The number of nitrogens with zero attached hydrogens (tertiary/aromatic N) is 1. The van der Waals surface area contributed by atoms with E-state index in [9.17, 15) is 13.2 Å². The molecule has 1 N–H and O–H groups in total. The first-order valence-corrected chi connectivity index (χ1v) is 12.7. The maximum Gasteiger partial charge on any atom is 0.240 e. The summed E-state index contributed by atoms with van der Waals surface area (Å²) in [4.78, 5) is 15.4. The first-order valence-electron chi connectivity index (χ1n) is 10.5. The predicted molar refractivity (Wildman–Crippen MR) is 125 cm³/mol. The lowest BCUT2D eigenvalue weighted by Gasteiger charge is -2.33. The molecule has 8 heteroatoms. The van der Waals surface area contributed by atoms with Gasteiger partial charge in [-0.05, 0) is 61.4 Å². The van der Waals surface area contributed by atoms with Gasteiger partial charge in [0, 0.05) is 29.7 Å². The molecule has 0 spiro atoms. The molecule has 1 heterocycles. The van der Waals surface area contributed by atoms with Crippen LogP contribution in [0.1, 0.15) is 43.2 Å². The highest BCUT2D eigenvalue weighted by Gasteiger charge is 2.30. The Morgan fingerprint density at radius 3 is 2.42 bits per heavy atom. The molecular formula is C23H28Cl2N2O3S. The molecule has 0 bridgehead atoms. The number of nitrogens with one attached hydrogen (secondary N) is 1. The number of rotatable bonds is 7. The standard InChI is InChI=1S/C23H28Cl2N2O3S/c1-16-11-14-27(15-12-16)23(28)19(18-6-3-4-7-21(18)25)10-13-26-31(29,30)22-9-5-8-20(24)17(22)2/h3-9,16,19,26H,10-15H2,1-2H3. The van der Waals surface area contributed by atoms with E-state index >= 15 is 0 Å². The number of piperidine rings is 1. The van der Waals surface area contributed by atoms with Gasteiger partial charge in [0.1, 0.15) is 0 Å². The number of sulfonamides is 1. The molecule has 0 saturated carbocycles. The fraction of sp³-hybridized carbons (Fsp3) is 0.435. The van der Waals surface area contributed by atoms with E-state index in [-0.39, 0.29) is 17.3 Å². The number of likely N-dealkylation sites (tertiary alicyclic amines) is 1. The van der Waals surface area contributed by atoms with Crippen molar-refractivity contribution in [2.75, 3.05) is 19.6 Å². The highest BCUT2D eigenvalue weighted by atomic mass is 35.5. The molecule has 1 aliphatic heterocycles. The second kappa shape index (κ2) is 10.3. The molecular weight excluding hydrogens is 455 g/mol. The van der Waals surface area contributed by atoms with Crippen molar-refractivity contribution >= 4 is 39.1 Å². The van der Waals surface area contributed by atoms with Crippen LogP contribution in [0, 0.1) is 12.8 Å². The minimum atomic E-state index is -3.75. The topological polar surface area (TPSA) is 66.5 Å². The zero-order chi connectivity index (χ0) is 22.6. The Labute approximate surface area is 194 Å². The molecule has 1 unspecified atom stereocenters. The lowest BCUT2D eigenvalue weighted by molar-refractivity contribution is -0.134. The average Bonchev–Trinajstić information content (AvgIpc) is 2.74. The molecule has 0 radical (unpaired) electrons. The SMILES string of the molecule is Cc1c(Cl)cccc1S(=O)(=O)NCCC(C(=O)N1CCC(C)CC1)c1ccccc1Cl. The first-order chi connectivity index (χ1) is 14.7. The van der Waals surface area contributed by atoms with Crippen LogP contribution in [0.25, 0.3) is 0 Å². The fourth-order valence-corrected chi connectivity index (χ4v) is 5.72. The van der Waals surface area contributed by atoms with E-state index in [4.69, 9.17) is 23.2 Å². The molecule has 5 nitrogen and oxygen atoms in total. The van der Waals surface area contributed by atoms with E-state index in [2.05, 4.69) is 11.6 Å². The minimum absolute atomic E-state index is 0.00173. The third-order valence-electron chi connectivity index (χ3n) is 5.91. The van der Waals surface area contributed by atoms with Crippen molar-refractivity contribution in [3.8, 4) is 0 Å². The molecule has 0 aromatic heterocycles. The fourth-order valence-electron chi connectivity index (χ4n) is 3.91. The van der Waals surface area contributed by atoms with E-state index in [1.807, 2.05) is 23.1 Å². The number of carbonyl (C=O) groups excluding carboxylic acids is 1. The van der Waals surface area contributed by atoms with Crippen LogP contribution in [0.4, 0.5) is 0 Å². The van der Waals surface area contributed by atoms with Crippen LogP contribution in [-0.2, 0) is 14.8 Å². The quantitative estimate of drug-likeness (QED) is 0.602. The normalized spacial score (nSPS) is 16.3. The van der Waals surface area contributed by atoms with E-state index in [0.29, 0.717) is 41.0 Å². The summed E-state index contributed by atoms with van der Waals surface area (Å²) in [6, 6.07) is 12.1. The van der Waals surface area contributed by atoms with Crippen molar-refractivity contribution in [2.45, 2.75) is 43.9 Å². The number of hydrogen-bond acceptors (Lipinski definition) is 3. The van der Waals surface area contributed by atoms with Crippen LogP contribution in [0.3, 0.4) is 0 Å². The van der Waals surface area contributed by atoms with Crippen LogP contribution < -0.4 is 4.72 Å². The summed E-state index contributed by atoms with van der Waals surface area (Å²) in [6.45, 7) is 5.41. The van der Waals surface area contributed by atoms with Gasteiger partial charge in [-0.15, -0.1) is 0 Å². The van der Waals surface area contributed by atoms with Gasteiger partial charge < -0.3 is 4.90 Å². The van der Waals surface area contributed by atoms with Crippen LogP contribution >= 0.6 is 23.2 Å². The molecule has 1 amide bonds. The Morgan fingerprint density at radius 2 is 1.74 bits per heavy atom. The summed E-state index contributed by atoms with van der Waals surface area (Å²) in [6.07, 6.45) is 2.26. The van der Waals surface area contributed by atoms with E-state index in [0.717, 1.165) is 18.4 Å². The monoisotopic (exact) mass is 482 g/mol. The number of halogens is 2. The molecule has 1 saturated heterocycles. The van der Waals surface area contributed by atoms with Gasteiger partial charge in [-0.3, -0.25) is 4.79 Å². The summed E-state index contributed by atoms with van der Waals surface area (Å²) in [5, 5.41) is 0.908. The molecule has 1 aliphatic rings. The molecule has 2 aromatic carbocycles. The number of carbonyl (C=O) groups is 1. The average molecular weight is 483 g/mol. The Hall–Kier alpha value is -1.60. The lowest BCUT2D eigenvalue weighted by atomic mass is 9.92. The minimum Gasteiger partial charge on any atom is -0.342 e. The Balaban J connectivity index is 1.77. The van der Waals surface area contributed by atoms with Crippen molar-refractivity contribution in [3.05, 3.63) is 63.6 Å². The molecule has 2 aromatic rings. The molecule has 0 aliphatic carbocycles. The first kappa shape index (κ1) is 24.1. The zero-order valence-corrected chi connectivity index (χ0v) is 20.1. The third-order valence-corrected chi connectivity index (χ3v) is 8.27. The van der Waals surface area contributed by atoms with Crippen LogP contribution in [0.15, 0.2) is 47.4 Å².